The molecule has 0 N–H and O–H groups in total. The summed E-state index contributed by atoms with van der Waals surface area (Å²) >= 11 is 0. The van der Waals surface area contributed by atoms with Crippen molar-refractivity contribution in [3.63, 3.8) is 0 Å². The lowest BCUT2D eigenvalue weighted by Crippen LogP contribution is -2.13. The Morgan fingerprint density at radius 3 is 1.38 bits per heavy atom. The van der Waals surface area contributed by atoms with Gasteiger partial charge in [-0.2, -0.15) is 0 Å². The smallest absolute Gasteiger partial charge is 0.122 e. The molecule has 2 nitrogen and oxygen atoms in total. The molecule has 0 saturated carbocycles. The van der Waals surface area contributed by atoms with Gasteiger partial charge in [-0.1, -0.05) is 53.4 Å². The molecule has 0 saturated heterocycles. The summed E-state index contributed by atoms with van der Waals surface area (Å²) in [6.45, 7) is 14.9. The number of aryl methyl sites for hydroxylation is 2. The molecule has 2 unspecified atom stereocenters. The molecule has 0 heterocycles. The summed E-state index contributed by atoms with van der Waals surface area (Å²) in [5.41, 5.74) is 2.34. The van der Waals surface area contributed by atoms with Gasteiger partial charge in [-0.25, -0.2) is 0 Å². The number of ether oxygens (including phenoxy) is 2. The first kappa shape index (κ1) is 20.9. The van der Waals surface area contributed by atoms with Crippen LogP contribution in [0.5, 0.6) is 11.5 Å². The van der Waals surface area contributed by atoms with Crippen LogP contribution >= 0.6 is 0 Å². The Morgan fingerprint density at radius 2 is 1.08 bits per heavy atom. The highest BCUT2D eigenvalue weighted by molar-refractivity contribution is 5.45. The molecule has 0 amide bonds. The summed E-state index contributed by atoms with van der Waals surface area (Å²) < 4.78 is 12.2. The van der Waals surface area contributed by atoms with E-state index in [1.54, 1.807) is 0 Å². The number of hydrogen-bond acceptors (Lipinski definition) is 2. The molecule has 0 fully saturated rings. The average molecular weight is 335 g/mol. The normalized spacial score (nSPS) is 13.6. The van der Waals surface area contributed by atoms with Crippen molar-refractivity contribution in [2.75, 3.05) is 13.2 Å². The van der Waals surface area contributed by atoms with Crippen LogP contribution < -0.4 is 9.47 Å². The van der Waals surface area contributed by atoms with E-state index in [9.17, 15) is 0 Å². The van der Waals surface area contributed by atoms with Gasteiger partial charge in [-0.05, 0) is 61.8 Å². The second-order valence-electron chi connectivity index (χ2n) is 7.13. The second kappa shape index (κ2) is 11.4. The van der Waals surface area contributed by atoms with E-state index >= 15 is 0 Å². The highest BCUT2D eigenvalue weighted by Crippen LogP contribution is 2.29. The average Bonchev–Trinajstić information content (AvgIpc) is 2.58. The maximum atomic E-state index is 6.11. The Morgan fingerprint density at radius 1 is 0.708 bits per heavy atom. The first-order valence-corrected chi connectivity index (χ1v) is 9.92. The van der Waals surface area contributed by atoms with Crippen LogP contribution in [0.15, 0.2) is 12.1 Å². The summed E-state index contributed by atoms with van der Waals surface area (Å²) in [6, 6.07) is 4.29. The van der Waals surface area contributed by atoms with Crippen molar-refractivity contribution in [3.8, 4) is 11.5 Å². The van der Waals surface area contributed by atoms with Crippen LogP contribution in [0.3, 0.4) is 0 Å². The topological polar surface area (TPSA) is 18.5 Å². The van der Waals surface area contributed by atoms with Crippen LogP contribution in [0.2, 0.25) is 0 Å². The van der Waals surface area contributed by atoms with Crippen molar-refractivity contribution in [2.45, 2.75) is 80.1 Å². The first-order chi connectivity index (χ1) is 11.5. The summed E-state index contributed by atoms with van der Waals surface area (Å²) in [4.78, 5) is 0. The summed E-state index contributed by atoms with van der Waals surface area (Å²) in [5.74, 6) is 3.33. The Bertz CT molecular complexity index is 424. The molecule has 0 aromatic heterocycles. The molecule has 138 valence electrons. The highest BCUT2D eigenvalue weighted by atomic mass is 16.5. The van der Waals surface area contributed by atoms with Crippen molar-refractivity contribution in [3.05, 3.63) is 23.3 Å². The minimum atomic E-state index is 0.657. The molecule has 1 rings (SSSR count). The fraction of sp³-hybridized carbons (Fsp3) is 0.727. The lowest BCUT2D eigenvalue weighted by atomic mass is 10.0. The second-order valence-corrected chi connectivity index (χ2v) is 7.13. The molecule has 0 aliphatic rings. The fourth-order valence-electron chi connectivity index (χ4n) is 3.12. The lowest BCUT2D eigenvalue weighted by molar-refractivity contribution is 0.227. The zero-order valence-corrected chi connectivity index (χ0v) is 16.8. The summed E-state index contributed by atoms with van der Waals surface area (Å²) in [6.07, 6.45) is 7.30. The van der Waals surface area contributed by atoms with E-state index in [4.69, 9.17) is 9.47 Å². The number of hydrogen-bond donors (Lipinski definition) is 0. The fourth-order valence-corrected chi connectivity index (χ4v) is 3.12. The maximum Gasteiger partial charge on any atom is 0.122 e. The van der Waals surface area contributed by atoms with Crippen molar-refractivity contribution < 1.29 is 9.47 Å². The minimum absolute atomic E-state index is 0.657. The third kappa shape index (κ3) is 6.75. The molecule has 0 aliphatic heterocycles. The molecular weight excluding hydrogens is 296 g/mol. The van der Waals surface area contributed by atoms with Gasteiger partial charge in [-0.15, -0.1) is 0 Å². The Kier molecular flexibility index (Phi) is 9.90. The van der Waals surface area contributed by atoms with Crippen LogP contribution in [0.1, 0.15) is 77.3 Å². The van der Waals surface area contributed by atoms with E-state index in [1.807, 2.05) is 0 Å². The molecule has 0 spiro atoms. The molecule has 0 aliphatic carbocycles. The lowest BCUT2D eigenvalue weighted by Gasteiger charge is -2.19. The number of rotatable bonds is 12. The van der Waals surface area contributed by atoms with Crippen LogP contribution in [0.25, 0.3) is 0 Å². The van der Waals surface area contributed by atoms with Crippen LogP contribution in [0.4, 0.5) is 0 Å². The molecular formula is C22H38O2. The van der Waals surface area contributed by atoms with E-state index in [-0.39, 0.29) is 0 Å². The Hall–Kier alpha value is -1.18. The van der Waals surface area contributed by atoms with Crippen LogP contribution in [-0.2, 0) is 0 Å². The Balaban J connectivity index is 2.67. The van der Waals surface area contributed by atoms with Crippen molar-refractivity contribution in [2.24, 2.45) is 11.8 Å². The van der Waals surface area contributed by atoms with Gasteiger partial charge >= 0.3 is 0 Å². The molecule has 24 heavy (non-hydrogen) atoms. The molecule has 1 aromatic rings. The first-order valence-electron chi connectivity index (χ1n) is 9.92. The van der Waals surface area contributed by atoms with Gasteiger partial charge in [0, 0.05) is 0 Å². The SMILES string of the molecule is CCCC(CC)COc1cc(C)c(OCC(CC)CCC)cc1C. The molecule has 2 heteroatoms. The predicted octanol–water partition coefficient (Wildman–Crippen LogP) is 6.71. The van der Waals surface area contributed by atoms with Gasteiger partial charge in [0.1, 0.15) is 11.5 Å². The van der Waals surface area contributed by atoms with Gasteiger partial charge in [-0.3, -0.25) is 0 Å². The third-order valence-corrected chi connectivity index (χ3v) is 4.97. The van der Waals surface area contributed by atoms with E-state index in [0.717, 1.165) is 24.7 Å². The van der Waals surface area contributed by atoms with Crippen LogP contribution in [-0.4, -0.2) is 13.2 Å². The molecule has 0 bridgehead atoms. The molecule has 1 aromatic carbocycles. The van der Waals surface area contributed by atoms with E-state index < -0.39 is 0 Å². The molecule has 2 atom stereocenters. The van der Waals surface area contributed by atoms with Gasteiger partial charge in [0.05, 0.1) is 13.2 Å². The van der Waals surface area contributed by atoms with Gasteiger partial charge in [0.25, 0.3) is 0 Å². The van der Waals surface area contributed by atoms with Gasteiger partial charge in [0.2, 0.25) is 0 Å². The van der Waals surface area contributed by atoms with E-state index in [0.29, 0.717) is 11.8 Å². The van der Waals surface area contributed by atoms with Gasteiger partial charge < -0.3 is 9.47 Å². The van der Waals surface area contributed by atoms with Crippen LogP contribution in [0, 0.1) is 25.7 Å². The molecule has 0 radical (unpaired) electrons. The Labute approximate surface area is 149 Å². The number of benzene rings is 1. The summed E-state index contributed by atoms with van der Waals surface area (Å²) in [7, 11) is 0. The third-order valence-electron chi connectivity index (χ3n) is 4.97. The monoisotopic (exact) mass is 334 g/mol. The predicted molar refractivity (Wildman–Crippen MR) is 104 cm³/mol. The van der Waals surface area contributed by atoms with E-state index in [1.165, 1.54) is 49.7 Å². The quantitative estimate of drug-likeness (QED) is 0.423. The zero-order valence-electron chi connectivity index (χ0n) is 16.8. The van der Waals surface area contributed by atoms with Gasteiger partial charge in [0.15, 0.2) is 0 Å². The van der Waals surface area contributed by atoms with Crippen molar-refractivity contribution in [1.29, 1.82) is 0 Å². The standard InChI is InChI=1S/C22H38O2/c1-7-11-19(9-3)15-23-21-13-18(6)22(14-17(21)5)24-16-20(10-4)12-8-2/h13-14,19-20H,7-12,15-16H2,1-6H3. The van der Waals surface area contributed by atoms with E-state index in [2.05, 4.69) is 53.7 Å². The summed E-state index contributed by atoms with van der Waals surface area (Å²) in [5, 5.41) is 0. The minimum Gasteiger partial charge on any atom is -0.493 e. The zero-order chi connectivity index (χ0) is 17.9. The largest absolute Gasteiger partial charge is 0.493 e. The maximum absolute atomic E-state index is 6.11. The highest BCUT2D eigenvalue weighted by Gasteiger charge is 2.12. The van der Waals surface area contributed by atoms with Crippen molar-refractivity contribution in [1.82, 2.24) is 0 Å². The van der Waals surface area contributed by atoms with Crippen molar-refractivity contribution >= 4 is 0 Å².